The van der Waals surface area contributed by atoms with Crippen molar-refractivity contribution in [2.75, 3.05) is 32.8 Å². The van der Waals surface area contributed by atoms with Crippen molar-refractivity contribution in [1.29, 1.82) is 0 Å². The lowest BCUT2D eigenvalue weighted by Crippen LogP contribution is -3.12. The average Bonchev–Trinajstić information content (AvgIpc) is 2.40. The first-order valence-corrected chi connectivity index (χ1v) is 8.26. The molecule has 0 aromatic rings. The van der Waals surface area contributed by atoms with Crippen molar-refractivity contribution in [2.24, 2.45) is 0 Å². The molecule has 0 aliphatic carbocycles. The minimum Gasteiger partial charge on any atom is -0.376 e. The van der Waals surface area contributed by atoms with E-state index < -0.39 is 0 Å². The summed E-state index contributed by atoms with van der Waals surface area (Å²) in [4.78, 5) is 1.74. The first-order valence-electron chi connectivity index (χ1n) is 8.26. The molecule has 1 N–H and O–H groups in total. The quantitative estimate of drug-likeness (QED) is 0.473. The fourth-order valence-corrected chi connectivity index (χ4v) is 2.18. The standard InChI is InChI=1S/C16H35NO/c1-4-7-10-11-15-18-16-14-17(12-8-5-2)13-9-6-3/h4-16H2,1-3H3/p+1. The number of ether oxygens (including phenoxy) is 1. The van der Waals surface area contributed by atoms with Gasteiger partial charge in [-0.1, -0.05) is 52.9 Å². The second kappa shape index (κ2) is 15.0. The van der Waals surface area contributed by atoms with Gasteiger partial charge in [-0.2, -0.15) is 0 Å². The maximum absolute atomic E-state index is 5.75. The van der Waals surface area contributed by atoms with E-state index in [9.17, 15) is 0 Å². The minimum absolute atomic E-state index is 0.953. The van der Waals surface area contributed by atoms with Crippen LogP contribution in [0.3, 0.4) is 0 Å². The Hall–Kier alpha value is -0.0800. The summed E-state index contributed by atoms with van der Waals surface area (Å²) in [5, 5.41) is 0. The van der Waals surface area contributed by atoms with E-state index in [0.29, 0.717) is 0 Å². The van der Waals surface area contributed by atoms with Crippen molar-refractivity contribution >= 4 is 0 Å². The summed E-state index contributed by atoms with van der Waals surface area (Å²) in [5.74, 6) is 0. The highest BCUT2D eigenvalue weighted by molar-refractivity contribution is 4.40. The van der Waals surface area contributed by atoms with Gasteiger partial charge in [-0.3, -0.25) is 0 Å². The monoisotopic (exact) mass is 258 g/mol. The molecule has 0 aliphatic rings. The highest BCUT2D eigenvalue weighted by Crippen LogP contribution is 1.98. The van der Waals surface area contributed by atoms with Gasteiger partial charge in [0.25, 0.3) is 0 Å². The molecule has 0 saturated heterocycles. The van der Waals surface area contributed by atoms with Crippen molar-refractivity contribution in [1.82, 2.24) is 0 Å². The Morgan fingerprint density at radius 1 is 0.611 bits per heavy atom. The number of nitrogens with one attached hydrogen (secondary N) is 1. The second-order valence-corrected chi connectivity index (χ2v) is 5.38. The van der Waals surface area contributed by atoms with Gasteiger partial charge < -0.3 is 9.64 Å². The third-order valence-electron chi connectivity index (χ3n) is 3.51. The van der Waals surface area contributed by atoms with Crippen LogP contribution in [0.5, 0.6) is 0 Å². The zero-order chi connectivity index (χ0) is 13.5. The smallest absolute Gasteiger partial charge is 0.101 e. The third-order valence-corrected chi connectivity index (χ3v) is 3.51. The van der Waals surface area contributed by atoms with E-state index in [1.165, 1.54) is 71.0 Å². The first kappa shape index (κ1) is 17.9. The number of hydrogen-bond donors (Lipinski definition) is 1. The Morgan fingerprint density at radius 3 is 1.78 bits per heavy atom. The van der Waals surface area contributed by atoms with Gasteiger partial charge in [0.2, 0.25) is 0 Å². The van der Waals surface area contributed by atoms with Crippen LogP contribution in [-0.2, 0) is 4.74 Å². The van der Waals surface area contributed by atoms with Crippen LogP contribution in [-0.4, -0.2) is 32.8 Å². The molecular formula is C16H36NO+. The molecule has 0 unspecified atom stereocenters. The van der Waals surface area contributed by atoms with Gasteiger partial charge in [-0.25, -0.2) is 0 Å². The maximum Gasteiger partial charge on any atom is 0.101 e. The van der Waals surface area contributed by atoms with Crippen molar-refractivity contribution in [2.45, 2.75) is 72.1 Å². The first-order chi connectivity index (χ1) is 8.85. The summed E-state index contributed by atoms with van der Waals surface area (Å²) >= 11 is 0. The lowest BCUT2D eigenvalue weighted by molar-refractivity contribution is -0.901. The van der Waals surface area contributed by atoms with E-state index in [4.69, 9.17) is 4.74 Å². The maximum atomic E-state index is 5.75. The number of hydrogen-bond acceptors (Lipinski definition) is 1. The molecule has 0 bridgehead atoms. The van der Waals surface area contributed by atoms with Gasteiger partial charge in [0, 0.05) is 6.61 Å². The Bertz CT molecular complexity index is 142. The predicted molar refractivity (Wildman–Crippen MR) is 80.3 cm³/mol. The molecule has 0 heterocycles. The summed E-state index contributed by atoms with van der Waals surface area (Å²) in [6, 6.07) is 0. The molecule has 0 aromatic heterocycles. The zero-order valence-corrected chi connectivity index (χ0v) is 13.1. The highest BCUT2D eigenvalue weighted by atomic mass is 16.5. The van der Waals surface area contributed by atoms with Crippen LogP contribution >= 0.6 is 0 Å². The van der Waals surface area contributed by atoms with E-state index in [2.05, 4.69) is 20.8 Å². The van der Waals surface area contributed by atoms with E-state index in [-0.39, 0.29) is 0 Å². The van der Waals surface area contributed by atoms with Crippen LogP contribution in [0.1, 0.15) is 72.1 Å². The van der Waals surface area contributed by atoms with Crippen LogP contribution in [0.4, 0.5) is 0 Å². The summed E-state index contributed by atoms with van der Waals surface area (Å²) < 4.78 is 5.75. The molecular weight excluding hydrogens is 222 g/mol. The average molecular weight is 258 g/mol. The lowest BCUT2D eigenvalue weighted by Gasteiger charge is -2.19. The summed E-state index contributed by atoms with van der Waals surface area (Å²) in [6.07, 6.45) is 10.6. The summed E-state index contributed by atoms with van der Waals surface area (Å²) in [7, 11) is 0. The molecule has 110 valence electrons. The summed E-state index contributed by atoms with van der Waals surface area (Å²) in [5.41, 5.74) is 0. The van der Waals surface area contributed by atoms with Gasteiger partial charge in [-0.05, 0) is 19.3 Å². The van der Waals surface area contributed by atoms with Gasteiger partial charge in [0.1, 0.15) is 6.54 Å². The fraction of sp³-hybridized carbons (Fsp3) is 1.00. The summed E-state index contributed by atoms with van der Waals surface area (Å²) in [6.45, 7) is 12.6. The molecule has 0 fully saturated rings. The normalized spacial score (nSPS) is 11.3. The van der Waals surface area contributed by atoms with Crippen LogP contribution < -0.4 is 4.90 Å². The molecule has 0 spiro atoms. The van der Waals surface area contributed by atoms with Crippen LogP contribution in [0.15, 0.2) is 0 Å². The van der Waals surface area contributed by atoms with Crippen molar-refractivity contribution in [3.8, 4) is 0 Å². The predicted octanol–water partition coefficient (Wildman–Crippen LogP) is 3.07. The van der Waals surface area contributed by atoms with Crippen molar-refractivity contribution < 1.29 is 9.64 Å². The fourth-order valence-electron chi connectivity index (χ4n) is 2.18. The molecule has 0 aromatic carbocycles. The number of quaternary nitrogens is 1. The zero-order valence-electron chi connectivity index (χ0n) is 13.1. The Labute approximate surface area is 115 Å². The second-order valence-electron chi connectivity index (χ2n) is 5.38. The number of unbranched alkanes of at least 4 members (excludes halogenated alkanes) is 5. The molecule has 18 heavy (non-hydrogen) atoms. The lowest BCUT2D eigenvalue weighted by atomic mass is 10.2. The molecule has 2 nitrogen and oxygen atoms in total. The molecule has 0 radical (unpaired) electrons. The highest BCUT2D eigenvalue weighted by Gasteiger charge is 2.06. The largest absolute Gasteiger partial charge is 0.376 e. The van der Waals surface area contributed by atoms with E-state index >= 15 is 0 Å². The molecule has 0 saturated carbocycles. The number of rotatable bonds is 14. The van der Waals surface area contributed by atoms with Gasteiger partial charge >= 0.3 is 0 Å². The Kier molecular flexibility index (Phi) is 14.9. The van der Waals surface area contributed by atoms with Gasteiger partial charge in [-0.15, -0.1) is 0 Å². The van der Waals surface area contributed by atoms with E-state index in [0.717, 1.165) is 13.2 Å². The molecule has 2 heteroatoms. The Balaban J connectivity index is 3.43. The topological polar surface area (TPSA) is 13.7 Å². The van der Waals surface area contributed by atoms with Crippen molar-refractivity contribution in [3.63, 3.8) is 0 Å². The third kappa shape index (κ3) is 12.4. The van der Waals surface area contributed by atoms with Gasteiger partial charge in [0.05, 0.1) is 19.7 Å². The van der Waals surface area contributed by atoms with Gasteiger partial charge in [0.15, 0.2) is 0 Å². The SMILES string of the molecule is CCCCCCOCC[NH+](CCCC)CCCC. The molecule has 0 aliphatic heterocycles. The molecule has 0 atom stereocenters. The molecule has 0 amide bonds. The van der Waals surface area contributed by atoms with Crippen LogP contribution in [0.2, 0.25) is 0 Å². The van der Waals surface area contributed by atoms with Crippen molar-refractivity contribution in [3.05, 3.63) is 0 Å². The van der Waals surface area contributed by atoms with Crippen LogP contribution in [0, 0.1) is 0 Å². The van der Waals surface area contributed by atoms with Crippen LogP contribution in [0.25, 0.3) is 0 Å². The Morgan fingerprint density at radius 2 is 1.22 bits per heavy atom. The van der Waals surface area contributed by atoms with E-state index in [1.807, 2.05) is 0 Å². The molecule has 0 rings (SSSR count). The minimum atomic E-state index is 0.953. The van der Waals surface area contributed by atoms with E-state index in [1.54, 1.807) is 4.90 Å².